The van der Waals surface area contributed by atoms with E-state index in [1.165, 1.54) is 18.1 Å². The second kappa shape index (κ2) is 13.9. The maximum Gasteiger partial charge on any atom is 0.418 e. The molecule has 2 amide bonds. The van der Waals surface area contributed by atoms with Crippen molar-refractivity contribution in [1.29, 1.82) is 0 Å². The van der Waals surface area contributed by atoms with Crippen LogP contribution in [0.15, 0.2) is 64.4 Å². The van der Waals surface area contributed by atoms with E-state index in [0.29, 0.717) is 61.2 Å². The Morgan fingerprint density at radius 2 is 1.70 bits per heavy atom. The van der Waals surface area contributed by atoms with Gasteiger partial charge in [-0.3, -0.25) is 9.59 Å². The van der Waals surface area contributed by atoms with Crippen molar-refractivity contribution in [1.82, 2.24) is 9.80 Å². The van der Waals surface area contributed by atoms with E-state index in [1.54, 1.807) is 29.2 Å². The van der Waals surface area contributed by atoms with Crippen molar-refractivity contribution in [2.24, 2.45) is 0 Å². The highest BCUT2D eigenvalue weighted by molar-refractivity contribution is 7.99. The number of halogens is 6. The lowest BCUT2D eigenvalue weighted by atomic mass is 9.99. The van der Waals surface area contributed by atoms with E-state index < -0.39 is 39.8 Å². The van der Waals surface area contributed by atoms with Crippen LogP contribution in [0.25, 0.3) is 6.08 Å². The van der Waals surface area contributed by atoms with Crippen molar-refractivity contribution in [2.45, 2.75) is 47.4 Å². The maximum absolute atomic E-state index is 14.3. The number of amides is 2. The number of anilines is 1. The Hall–Kier alpha value is -3.45. The van der Waals surface area contributed by atoms with E-state index in [0.717, 1.165) is 24.3 Å². The first kappa shape index (κ1) is 32.5. The molecule has 6 nitrogen and oxygen atoms in total. The summed E-state index contributed by atoms with van der Waals surface area (Å²) < 4.78 is 90.3. The molecule has 232 valence electrons. The summed E-state index contributed by atoms with van der Waals surface area (Å²) in [6, 6.07) is 8.41. The van der Waals surface area contributed by atoms with Gasteiger partial charge in [0.25, 0.3) is 0 Å². The number of carbonyl (C=O) groups is 2. The molecule has 2 aromatic carbocycles. The normalized spacial score (nSPS) is 16.6. The number of benzene rings is 2. The molecule has 2 aromatic rings. The van der Waals surface area contributed by atoms with Crippen molar-refractivity contribution in [2.75, 3.05) is 45.2 Å². The van der Waals surface area contributed by atoms with Crippen LogP contribution in [0.1, 0.15) is 36.0 Å². The van der Waals surface area contributed by atoms with Gasteiger partial charge >= 0.3 is 12.4 Å². The standard InChI is InChI=1S/C30H31F6N3O3S/c1-42-19-26(41)39-16-12-21(13-17-39)37-22-6-5-7-23(18-22)43-24-10-8-20(9-11-25(40)38-14-3-2-4-15-38)27(29(31,32)33)28(24)30(34,35)36/h2-3,5-11,18,21,37H,4,12-17,19H2,1H3/b11-9+. The molecule has 43 heavy (non-hydrogen) atoms. The van der Waals surface area contributed by atoms with Crippen LogP contribution >= 0.6 is 11.8 Å². The van der Waals surface area contributed by atoms with Crippen LogP contribution in [0.2, 0.25) is 0 Å². The third kappa shape index (κ3) is 8.56. The SMILES string of the molecule is COCC(=O)N1CCC(Nc2cccc(Sc3ccc(/C=C/C(=O)N4CC=CCC4)c(C(F)(F)F)c3C(F)(F)F)c2)CC1. The van der Waals surface area contributed by atoms with Gasteiger partial charge in [0.05, 0.1) is 11.1 Å². The average molecular weight is 628 g/mol. The van der Waals surface area contributed by atoms with Gasteiger partial charge in [-0.2, -0.15) is 26.3 Å². The van der Waals surface area contributed by atoms with Gasteiger partial charge in [-0.25, -0.2) is 0 Å². The first-order valence-electron chi connectivity index (χ1n) is 13.6. The number of rotatable bonds is 8. The zero-order valence-corrected chi connectivity index (χ0v) is 24.1. The number of piperidine rings is 1. The third-order valence-electron chi connectivity index (χ3n) is 7.09. The highest BCUT2D eigenvalue weighted by Gasteiger charge is 2.46. The lowest BCUT2D eigenvalue weighted by molar-refractivity contribution is -0.163. The van der Waals surface area contributed by atoms with Crippen LogP contribution in [0, 0.1) is 0 Å². The number of carbonyl (C=O) groups excluding carboxylic acids is 2. The molecule has 13 heteroatoms. The Bertz CT molecular complexity index is 1370. The predicted molar refractivity (Wildman–Crippen MR) is 151 cm³/mol. The Balaban J connectivity index is 1.56. The molecule has 2 aliphatic heterocycles. The summed E-state index contributed by atoms with van der Waals surface area (Å²) in [7, 11) is 1.45. The van der Waals surface area contributed by atoms with Gasteiger partial charge in [-0.15, -0.1) is 0 Å². The Morgan fingerprint density at radius 3 is 2.33 bits per heavy atom. The Kier molecular flexibility index (Phi) is 10.5. The van der Waals surface area contributed by atoms with Crippen molar-refractivity contribution >= 4 is 35.3 Å². The fourth-order valence-corrected chi connectivity index (χ4v) is 6.06. The van der Waals surface area contributed by atoms with Crippen LogP contribution in [0.3, 0.4) is 0 Å². The molecule has 0 saturated carbocycles. The van der Waals surface area contributed by atoms with Gasteiger partial charge in [0.1, 0.15) is 6.61 Å². The van der Waals surface area contributed by atoms with Crippen molar-refractivity contribution < 1.29 is 40.7 Å². The van der Waals surface area contributed by atoms with E-state index in [9.17, 15) is 35.9 Å². The maximum atomic E-state index is 14.3. The minimum Gasteiger partial charge on any atom is -0.382 e. The third-order valence-corrected chi connectivity index (χ3v) is 8.14. The van der Waals surface area contributed by atoms with Crippen LogP contribution in [0.5, 0.6) is 0 Å². The average Bonchev–Trinajstić information content (AvgIpc) is 2.96. The molecule has 1 saturated heterocycles. The summed E-state index contributed by atoms with van der Waals surface area (Å²) in [5.74, 6) is -0.688. The van der Waals surface area contributed by atoms with Crippen LogP contribution in [-0.4, -0.2) is 67.6 Å². The number of likely N-dealkylation sites (tertiary alicyclic amines) is 1. The van der Waals surface area contributed by atoms with Crippen LogP contribution in [-0.2, 0) is 26.7 Å². The molecule has 0 atom stereocenters. The Labute approximate surface area is 249 Å². The van der Waals surface area contributed by atoms with Crippen LogP contribution < -0.4 is 5.32 Å². The molecular formula is C30H31F6N3O3S. The number of hydrogen-bond acceptors (Lipinski definition) is 5. The van der Waals surface area contributed by atoms with E-state index in [-0.39, 0.29) is 25.1 Å². The number of methoxy groups -OCH3 is 1. The van der Waals surface area contributed by atoms with Gasteiger partial charge < -0.3 is 19.9 Å². The molecule has 2 aliphatic rings. The lowest BCUT2D eigenvalue weighted by Gasteiger charge is -2.32. The number of hydrogen-bond donors (Lipinski definition) is 1. The van der Waals surface area contributed by atoms with E-state index in [1.807, 2.05) is 6.08 Å². The van der Waals surface area contributed by atoms with Crippen molar-refractivity contribution in [3.8, 4) is 0 Å². The highest BCUT2D eigenvalue weighted by Crippen LogP contribution is 2.48. The topological polar surface area (TPSA) is 61.9 Å². The van der Waals surface area contributed by atoms with E-state index in [2.05, 4.69) is 5.32 Å². The number of nitrogens with one attached hydrogen (secondary N) is 1. The molecule has 4 rings (SSSR count). The van der Waals surface area contributed by atoms with Gasteiger partial charge in [0, 0.05) is 60.9 Å². The Morgan fingerprint density at radius 1 is 0.977 bits per heavy atom. The second-order valence-corrected chi connectivity index (χ2v) is 11.3. The molecular weight excluding hydrogens is 596 g/mol. The summed E-state index contributed by atoms with van der Waals surface area (Å²) in [6.07, 6.45) is -3.49. The monoisotopic (exact) mass is 627 g/mol. The summed E-state index contributed by atoms with van der Waals surface area (Å²) in [5.41, 5.74) is -3.78. The lowest BCUT2D eigenvalue weighted by Crippen LogP contribution is -2.43. The fourth-order valence-electron chi connectivity index (χ4n) is 5.02. The molecule has 0 radical (unpaired) electrons. The summed E-state index contributed by atoms with van der Waals surface area (Å²) in [5, 5.41) is 3.31. The van der Waals surface area contributed by atoms with E-state index in [4.69, 9.17) is 4.74 Å². The molecule has 1 N–H and O–H groups in total. The van der Waals surface area contributed by atoms with Crippen molar-refractivity contribution in [3.63, 3.8) is 0 Å². The smallest absolute Gasteiger partial charge is 0.382 e. The minimum atomic E-state index is -5.33. The summed E-state index contributed by atoms with van der Waals surface area (Å²) in [4.78, 5) is 27.3. The van der Waals surface area contributed by atoms with Crippen LogP contribution in [0.4, 0.5) is 32.0 Å². The fraction of sp³-hybridized carbons (Fsp3) is 0.400. The second-order valence-electron chi connectivity index (χ2n) is 10.1. The summed E-state index contributed by atoms with van der Waals surface area (Å²) >= 11 is 0.579. The first-order chi connectivity index (χ1) is 20.4. The number of nitrogens with zero attached hydrogens (tertiary/aromatic N) is 2. The van der Waals surface area contributed by atoms with E-state index >= 15 is 0 Å². The van der Waals surface area contributed by atoms with Gasteiger partial charge in [0.15, 0.2) is 0 Å². The molecule has 2 heterocycles. The largest absolute Gasteiger partial charge is 0.418 e. The molecule has 0 bridgehead atoms. The molecule has 0 spiro atoms. The minimum absolute atomic E-state index is 0.000852. The predicted octanol–water partition coefficient (Wildman–Crippen LogP) is 6.73. The van der Waals surface area contributed by atoms with Gasteiger partial charge in [0.2, 0.25) is 11.8 Å². The quantitative estimate of drug-likeness (QED) is 0.200. The molecule has 0 unspecified atom stereocenters. The summed E-state index contributed by atoms with van der Waals surface area (Å²) in [6.45, 7) is 1.69. The molecule has 0 aromatic heterocycles. The molecule has 1 fully saturated rings. The van der Waals surface area contributed by atoms with Crippen molar-refractivity contribution in [3.05, 3.63) is 71.3 Å². The zero-order chi connectivity index (χ0) is 31.2. The molecule has 0 aliphatic carbocycles. The first-order valence-corrected chi connectivity index (χ1v) is 14.4. The zero-order valence-electron chi connectivity index (χ0n) is 23.3. The number of alkyl halides is 6. The number of ether oxygens (including phenoxy) is 1. The van der Waals surface area contributed by atoms with Gasteiger partial charge in [-0.05, 0) is 55.2 Å². The van der Waals surface area contributed by atoms with Gasteiger partial charge in [-0.1, -0.05) is 36.0 Å². The highest BCUT2D eigenvalue weighted by atomic mass is 32.2.